The largest absolute Gasteiger partial charge is 0.550 e. The molecule has 712 valence electrons. The van der Waals surface area contributed by atoms with Crippen molar-refractivity contribution >= 4 is 55.3 Å². The van der Waals surface area contributed by atoms with Crippen molar-refractivity contribution in [2.24, 2.45) is 46.8 Å². The number of benzene rings is 12. The van der Waals surface area contributed by atoms with Gasteiger partial charge in [-0.05, 0) is 387 Å². The SMILES string of the molecule is CN(C1CCCCC1)C1CCCCC1.CN1CCCC2CCCCC21.CNC12CC3CC(CC(C3)C1)C2.Cc1ccc([S+](c2ccc(C)cc2)c2ccc(C)cc2)cc1.Cc1ccc([S+](c2ccc(C)cc2)c2ccc(C)cc2)cc1.Cc1ccc([S+](c2ccc(C)cc2)c2ccc(C)cc2)cc1.O=C1C2CC3CC1CC(C(=O)[O-])(C3)C2.c1ccc([S+](c2ccccc2)c2ccccc2)cc1. The highest BCUT2D eigenvalue weighted by Crippen LogP contribution is 2.59. The molecule has 1 aliphatic heterocycles. The fraction of sp³-hybridized carbons (Fsp3) is 0.413. The number of Topliss-reactive ketones (excluding diaryl/α,β-unsaturated/α-hetero) is 1. The van der Waals surface area contributed by atoms with Gasteiger partial charge in [0.2, 0.25) is 0 Å². The van der Waals surface area contributed by atoms with E-state index in [4.69, 9.17) is 0 Å². The van der Waals surface area contributed by atoms with E-state index in [1.165, 1.54) is 237 Å². The second-order valence-electron chi connectivity index (χ2n) is 41.7. The van der Waals surface area contributed by atoms with Crippen LogP contribution in [0.1, 0.15) is 223 Å². The molecular formula is C126H154N3O3S4+3. The number of hydrogen-bond acceptors (Lipinski definition) is 6. The molecule has 1 saturated heterocycles. The third-order valence-corrected chi connectivity index (χ3v) is 40.0. The summed E-state index contributed by atoms with van der Waals surface area (Å²) in [6.45, 7) is 20.6. The summed E-state index contributed by atoms with van der Waals surface area (Å²) in [5.41, 5.74) is 11.7. The first-order valence-electron chi connectivity index (χ1n) is 51.6. The lowest BCUT2D eigenvalue weighted by Gasteiger charge is -2.56. The molecule has 11 saturated carbocycles. The van der Waals surface area contributed by atoms with Gasteiger partial charge in [0, 0.05) is 46.9 Å². The van der Waals surface area contributed by atoms with Gasteiger partial charge in [-0.1, -0.05) is 265 Å². The number of aryl methyl sites for hydroxylation is 9. The summed E-state index contributed by atoms with van der Waals surface area (Å²) < 4.78 is 0. The van der Waals surface area contributed by atoms with E-state index < -0.39 is 11.4 Å². The fourth-order valence-electron chi connectivity index (χ4n) is 23.9. The maximum absolute atomic E-state index is 11.7. The summed E-state index contributed by atoms with van der Waals surface area (Å²) >= 11 is 0. The van der Waals surface area contributed by atoms with Crippen LogP contribution in [0.3, 0.4) is 0 Å². The molecule has 1 N–H and O–H groups in total. The molecule has 136 heavy (non-hydrogen) atoms. The quantitative estimate of drug-likeness (QED) is 0.0972. The molecule has 6 nitrogen and oxygen atoms in total. The number of hydrogen-bond donors (Lipinski definition) is 1. The summed E-state index contributed by atoms with van der Waals surface area (Å²) in [6.07, 6.45) is 36.5. The monoisotopic (exact) mass is 1890 g/mol. The Morgan fingerprint density at radius 1 is 0.309 bits per heavy atom. The number of ketones is 1. The topological polar surface area (TPSA) is 75.7 Å². The first-order chi connectivity index (χ1) is 66.0. The number of carboxylic acid groups (broad SMARTS) is 1. The lowest BCUT2D eigenvalue weighted by atomic mass is 9.49. The maximum Gasteiger partial charge on any atom is 0.166 e. The summed E-state index contributed by atoms with van der Waals surface area (Å²) in [5, 5.41) is 14.7. The molecule has 24 rings (SSSR count). The molecule has 4 unspecified atom stereocenters. The van der Waals surface area contributed by atoms with E-state index in [2.05, 4.69) is 408 Å². The van der Waals surface area contributed by atoms with Gasteiger partial charge in [0.25, 0.3) is 0 Å². The second-order valence-corrected chi connectivity index (χ2v) is 49.8. The molecule has 12 fully saturated rings. The van der Waals surface area contributed by atoms with Crippen LogP contribution in [-0.4, -0.2) is 72.9 Å². The minimum atomic E-state index is -0.913. The Balaban J connectivity index is 0.000000119. The van der Waals surface area contributed by atoms with Gasteiger partial charge in [0.15, 0.2) is 58.7 Å². The van der Waals surface area contributed by atoms with E-state index in [1.54, 1.807) is 19.3 Å². The number of carbonyl (C=O) groups is 2. The number of likely N-dealkylation sites (tertiary alicyclic amines) is 1. The van der Waals surface area contributed by atoms with Crippen LogP contribution in [0.2, 0.25) is 0 Å². The standard InChI is InChI=1S/3C21H21S.C18H15S.C13H25N.C11H19N.C11H14O3.C10H19N/c3*1-16-4-10-19(11-5-16)22(20-12-6-17(2)7-13-20)21-14-8-18(3)9-15-21;1-4-10-16(11-5-1)19(17-12-6-2-7-13-17)18-14-8-3-9-15-18;1-14(12-8-4-2-5-9-12)13-10-6-3-7-11-13;1-12-11-5-8-2-9(6-11)4-10(3-8)7-11;12-9-7-1-6-2-8(9)5-11(3-6,4-7)10(13)14;1-11-8-4-6-9-5-2-3-7-10(9)11/h3*4-15H,1-3H3;1-15H;12-13H,2-11H2,1H3;8-10,12H,2-7H2,1H3;6-8H,1-5H2,(H,13,14);9-10H,2-8H2,1H3/q4*+1;;;;/p-1. The Bertz CT molecular complexity index is 4810. The number of carbonyl (C=O) groups excluding carboxylic acids is 2. The highest BCUT2D eigenvalue weighted by molar-refractivity contribution is 7.98. The molecule has 4 atom stereocenters. The summed E-state index contributed by atoms with van der Waals surface area (Å²) in [5.74, 6) is 4.29. The number of piperidine rings is 1. The molecule has 1 heterocycles. The number of rotatable bonds is 16. The number of aliphatic carboxylic acids is 1. The third kappa shape index (κ3) is 27.4. The Morgan fingerprint density at radius 3 is 0.794 bits per heavy atom. The Labute approximate surface area is 830 Å². The molecule has 0 aromatic heterocycles. The number of nitrogens with one attached hydrogen (secondary N) is 1. The van der Waals surface area contributed by atoms with Gasteiger partial charge in [-0.15, -0.1) is 0 Å². The van der Waals surface area contributed by atoms with Crippen molar-refractivity contribution in [3.63, 3.8) is 0 Å². The van der Waals surface area contributed by atoms with Crippen LogP contribution in [0, 0.1) is 109 Å². The van der Waals surface area contributed by atoms with E-state index >= 15 is 0 Å². The van der Waals surface area contributed by atoms with Gasteiger partial charge in [-0.3, -0.25) is 4.79 Å². The van der Waals surface area contributed by atoms with Crippen molar-refractivity contribution in [2.75, 3.05) is 27.7 Å². The van der Waals surface area contributed by atoms with Crippen molar-refractivity contribution in [1.29, 1.82) is 0 Å². The molecule has 12 aromatic rings. The van der Waals surface area contributed by atoms with E-state index in [-0.39, 0.29) is 55.4 Å². The summed E-state index contributed by atoms with van der Waals surface area (Å²) in [6, 6.07) is 115. The Morgan fingerprint density at radius 2 is 0.544 bits per heavy atom. The minimum absolute atomic E-state index is 0.0146. The zero-order valence-electron chi connectivity index (χ0n) is 83.8. The Hall–Kier alpha value is -8.94. The van der Waals surface area contributed by atoms with Gasteiger partial charge in [0.05, 0.1) is 43.6 Å². The smallest absolute Gasteiger partial charge is 0.166 e. The molecule has 10 heteroatoms. The van der Waals surface area contributed by atoms with Crippen molar-refractivity contribution < 1.29 is 14.7 Å². The molecular weight excluding hydrogens is 1730 g/mol. The molecule has 0 spiro atoms. The number of fused-ring (bicyclic) bond motifs is 1. The molecule has 12 aliphatic rings. The van der Waals surface area contributed by atoms with Crippen LogP contribution in [0.5, 0.6) is 0 Å². The predicted octanol–water partition coefficient (Wildman–Crippen LogP) is 30.1. The van der Waals surface area contributed by atoms with Crippen LogP contribution in [0.4, 0.5) is 0 Å². The minimum Gasteiger partial charge on any atom is -0.550 e. The van der Waals surface area contributed by atoms with Crippen molar-refractivity contribution in [2.45, 2.75) is 318 Å². The van der Waals surface area contributed by atoms with Crippen LogP contribution in [-0.2, 0) is 53.2 Å². The number of carboxylic acids is 1. The average Bonchev–Trinajstić information content (AvgIpc) is 0.736. The summed E-state index contributed by atoms with van der Waals surface area (Å²) in [4.78, 5) is 44.6. The fourth-order valence-corrected chi connectivity index (χ4v) is 32.2. The average molecular weight is 1890 g/mol. The van der Waals surface area contributed by atoms with Crippen LogP contribution < -0.4 is 10.4 Å². The van der Waals surface area contributed by atoms with Crippen molar-refractivity contribution in [3.05, 3.63) is 359 Å². The zero-order chi connectivity index (χ0) is 95.1. The lowest BCUT2D eigenvalue weighted by molar-refractivity contribution is -0.325. The molecule has 0 amide bonds. The highest BCUT2D eigenvalue weighted by Gasteiger charge is 2.56. The van der Waals surface area contributed by atoms with Crippen molar-refractivity contribution in [3.8, 4) is 0 Å². The molecule has 8 bridgehead atoms. The van der Waals surface area contributed by atoms with Gasteiger partial charge in [-0.25, -0.2) is 0 Å². The van der Waals surface area contributed by atoms with E-state index in [9.17, 15) is 14.7 Å². The second kappa shape index (κ2) is 49.3. The van der Waals surface area contributed by atoms with Gasteiger partial charge >= 0.3 is 0 Å². The van der Waals surface area contributed by atoms with E-state index in [0.717, 1.165) is 61.1 Å². The lowest BCUT2D eigenvalue weighted by Crippen LogP contribution is -2.57. The Kier molecular flexibility index (Phi) is 36.8. The van der Waals surface area contributed by atoms with Gasteiger partial charge in [0.1, 0.15) is 5.78 Å². The van der Waals surface area contributed by atoms with Gasteiger partial charge in [-0.2, -0.15) is 0 Å². The van der Waals surface area contributed by atoms with Crippen molar-refractivity contribution in [1.82, 2.24) is 15.1 Å². The first-order valence-corrected chi connectivity index (χ1v) is 56.5. The predicted molar refractivity (Wildman–Crippen MR) is 574 cm³/mol. The molecule has 11 aliphatic carbocycles. The van der Waals surface area contributed by atoms with E-state index in [0.29, 0.717) is 30.1 Å². The zero-order valence-corrected chi connectivity index (χ0v) is 87.0. The summed E-state index contributed by atoms with van der Waals surface area (Å²) in [7, 11) is 6.73. The van der Waals surface area contributed by atoms with E-state index in [1.807, 2.05) is 0 Å². The van der Waals surface area contributed by atoms with Crippen LogP contribution >= 0.6 is 0 Å². The molecule has 12 aromatic carbocycles. The molecule has 0 radical (unpaired) electrons. The normalized spacial score (nSPS) is 22.9. The third-order valence-electron chi connectivity index (χ3n) is 31.1. The highest BCUT2D eigenvalue weighted by atomic mass is 32.2. The van der Waals surface area contributed by atoms with Crippen LogP contribution in [0.15, 0.2) is 368 Å². The maximum atomic E-state index is 11.7. The van der Waals surface area contributed by atoms with Crippen LogP contribution in [0.25, 0.3) is 0 Å². The van der Waals surface area contributed by atoms with Gasteiger partial charge < -0.3 is 25.0 Å². The first kappa shape index (κ1) is 101. The number of nitrogens with zero attached hydrogens (tertiary/aromatic N) is 2.